The third-order valence-electron chi connectivity index (χ3n) is 3.44. The van der Waals surface area contributed by atoms with Crippen LogP contribution in [0.4, 0.5) is 0 Å². The Balaban J connectivity index is 2.70. The van der Waals surface area contributed by atoms with Crippen molar-refractivity contribution < 1.29 is 19.1 Å². The summed E-state index contributed by atoms with van der Waals surface area (Å²) in [6, 6.07) is 6.10. The number of hydrogen-bond donors (Lipinski definition) is 1. The fraction of sp³-hybridized carbons (Fsp3) is 0.500. The Labute approximate surface area is 135 Å². The van der Waals surface area contributed by atoms with Crippen molar-refractivity contribution in [1.82, 2.24) is 5.32 Å². The van der Waals surface area contributed by atoms with Gasteiger partial charge in [-0.15, -0.1) is 0 Å². The lowest BCUT2D eigenvalue weighted by Gasteiger charge is -2.24. The average molecular weight is 328 g/mol. The van der Waals surface area contributed by atoms with Crippen LogP contribution in [0.25, 0.3) is 0 Å². The minimum atomic E-state index is -0.755. The molecule has 0 aliphatic rings. The van der Waals surface area contributed by atoms with E-state index in [2.05, 4.69) is 5.32 Å². The summed E-state index contributed by atoms with van der Waals surface area (Å²) in [6.07, 6.45) is -0.0153. The minimum absolute atomic E-state index is 0.0326. The van der Waals surface area contributed by atoms with Crippen molar-refractivity contribution in [2.75, 3.05) is 7.11 Å². The highest BCUT2D eigenvalue weighted by Crippen LogP contribution is 2.18. The van der Waals surface area contributed by atoms with Gasteiger partial charge in [0.05, 0.1) is 7.11 Å². The first-order chi connectivity index (χ1) is 10.4. The zero-order valence-electron chi connectivity index (χ0n) is 13.3. The third kappa shape index (κ3) is 5.22. The van der Waals surface area contributed by atoms with Crippen LogP contribution < -0.4 is 10.1 Å². The van der Waals surface area contributed by atoms with Gasteiger partial charge in [0.1, 0.15) is 11.8 Å². The first-order valence-corrected chi connectivity index (χ1v) is 7.57. The van der Waals surface area contributed by atoms with Crippen LogP contribution in [0, 0.1) is 5.92 Å². The smallest absolute Gasteiger partial charge is 0.328 e. The van der Waals surface area contributed by atoms with Gasteiger partial charge >= 0.3 is 5.97 Å². The molecule has 1 rings (SSSR count). The maximum absolute atomic E-state index is 12.2. The Morgan fingerprint density at radius 3 is 2.55 bits per heavy atom. The van der Waals surface area contributed by atoms with E-state index in [1.165, 1.54) is 7.11 Å². The summed E-state index contributed by atoms with van der Waals surface area (Å²) in [6.45, 7) is 5.43. The molecule has 3 unspecified atom stereocenters. The van der Waals surface area contributed by atoms with E-state index < -0.39 is 18.1 Å². The highest BCUT2D eigenvalue weighted by atomic mass is 35.5. The van der Waals surface area contributed by atoms with E-state index in [4.69, 9.17) is 21.1 Å². The largest absolute Gasteiger partial charge is 0.481 e. The van der Waals surface area contributed by atoms with Crippen LogP contribution >= 0.6 is 11.6 Å². The fourth-order valence-corrected chi connectivity index (χ4v) is 2.05. The summed E-state index contributed by atoms with van der Waals surface area (Å²) < 4.78 is 10.3. The van der Waals surface area contributed by atoms with E-state index in [9.17, 15) is 9.59 Å². The first kappa shape index (κ1) is 18.3. The molecule has 0 saturated heterocycles. The molecule has 5 nitrogen and oxygen atoms in total. The quantitative estimate of drug-likeness (QED) is 0.782. The maximum atomic E-state index is 12.2. The van der Waals surface area contributed by atoms with Crippen LogP contribution in [-0.2, 0) is 14.3 Å². The molecule has 0 aromatic heterocycles. The SMILES string of the molecule is CCC(C)C(NC(=O)C(C)Oc1cccc(Cl)c1)C(=O)OC. The van der Waals surface area contributed by atoms with Crippen molar-refractivity contribution in [3.8, 4) is 5.75 Å². The van der Waals surface area contributed by atoms with Gasteiger partial charge in [0.15, 0.2) is 6.10 Å². The second-order valence-electron chi connectivity index (χ2n) is 5.11. The summed E-state index contributed by atoms with van der Waals surface area (Å²) in [5.74, 6) is -0.378. The van der Waals surface area contributed by atoms with Gasteiger partial charge in [0.25, 0.3) is 5.91 Å². The molecule has 3 atom stereocenters. The molecule has 1 amide bonds. The van der Waals surface area contributed by atoms with E-state index in [0.29, 0.717) is 10.8 Å². The number of hydrogen-bond acceptors (Lipinski definition) is 4. The molecule has 0 aliphatic carbocycles. The predicted molar refractivity (Wildman–Crippen MR) is 84.9 cm³/mol. The van der Waals surface area contributed by atoms with Gasteiger partial charge < -0.3 is 14.8 Å². The molecular formula is C16H22ClNO4. The van der Waals surface area contributed by atoms with Crippen molar-refractivity contribution in [3.05, 3.63) is 29.3 Å². The Kier molecular flexibility index (Phi) is 7.18. The molecule has 0 aliphatic heterocycles. The third-order valence-corrected chi connectivity index (χ3v) is 3.68. The molecule has 6 heteroatoms. The molecule has 0 bridgehead atoms. The van der Waals surface area contributed by atoms with E-state index >= 15 is 0 Å². The van der Waals surface area contributed by atoms with Crippen LogP contribution in [0.15, 0.2) is 24.3 Å². The Morgan fingerprint density at radius 1 is 1.32 bits per heavy atom. The zero-order valence-corrected chi connectivity index (χ0v) is 14.0. The van der Waals surface area contributed by atoms with Gasteiger partial charge in [-0.25, -0.2) is 4.79 Å². The second kappa shape index (κ2) is 8.63. The highest BCUT2D eigenvalue weighted by molar-refractivity contribution is 6.30. The van der Waals surface area contributed by atoms with E-state index in [1.54, 1.807) is 31.2 Å². The van der Waals surface area contributed by atoms with Crippen molar-refractivity contribution in [1.29, 1.82) is 0 Å². The van der Waals surface area contributed by atoms with Crippen LogP contribution in [0.5, 0.6) is 5.75 Å². The molecule has 122 valence electrons. The Morgan fingerprint density at radius 2 is 2.00 bits per heavy atom. The molecule has 0 saturated carbocycles. The first-order valence-electron chi connectivity index (χ1n) is 7.19. The summed E-state index contributed by atoms with van der Waals surface area (Å²) in [5.41, 5.74) is 0. The molecular weight excluding hydrogens is 306 g/mol. The number of amides is 1. The van der Waals surface area contributed by atoms with Gasteiger partial charge in [-0.3, -0.25) is 4.79 Å². The van der Waals surface area contributed by atoms with Gasteiger partial charge in [0.2, 0.25) is 0 Å². The normalized spacial score (nSPS) is 14.6. The standard InChI is InChI=1S/C16H22ClNO4/c1-5-10(2)14(16(20)21-4)18-15(19)11(3)22-13-8-6-7-12(17)9-13/h6-11,14H,5H2,1-4H3,(H,18,19). The number of benzene rings is 1. The number of halogens is 1. The summed E-state index contributed by atoms with van der Waals surface area (Å²) in [7, 11) is 1.30. The molecule has 1 N–H and O–H groups in total. The van der Waals surface area contributed by atoms with Crippen LogP contribution in [0.3, 0.4) is 0 Å². The number of carbonyl (C=O) groups excluding carboxylic acids is 2. The number of methoxy groups -OCH3 is 1. The van der Waals surface area contributed by atoms with Crippen molar-refractivity contribution in [2.45, 2.75) is 39.3 Å². The van der Waals surface area contributed by atoms with Gasteiger partial charge in [-0.05, 0) is 31.0 Å². The number of rotatable bonds is 7. The van der Waals surface area contributed by atoms with E-state index in [-0.39, 0.29) is 11.8 Å². The maximum Gasteiger partial charge on any atom is 0.328 e. The number of carbonyl (C=O) groups is 2. The predicted octanol–water partition coefficient (Wildman–Crippen LogP) is 2.81. The topological polar surface area (TPSA) is 64.6 Å². The Bertz CT molecular complexity index is 521. The Hall–Kier alpha value is -1.75. The van der Waals surface area contributed by atoms with Crippen molar-refractivity contribution in [3.63, 3.8) is 0 Å². The van der Waals surface area contributed by atoms with E-state index in [1.807, 2.05) is 13.8 Å². The zero-order chi connectivity index (χ0) is 16.7. The lowest BCUT2D eigenvalue weighted by Crippen LogP contribution is -2.49. The molecule has 22 heavy (non-hydrogen) atoms. The van der Waals surface area contributed by atoms with Crippen LogP contribution in [0.1, 0.15) is 27.2 Å². The molecule has 0 spiro atoms. The lowest BCUT2D eigenvalue weighted by atomic mass is 9.99. The summed E-state index contributed by atoms with van der Waals surface area (Å²) in [4.78, 5) is 24.0. The van der Waals surface area contributed by atoms with Crippen LogP contribution in [-0.4, -0.2) is 31.1 Å². The fourth-order valence-electron chi connectivity index (χ4n) is 1.86. The monoisotopic (exact) mass is 327 g/mol. The number of ether oxygens (including phenoxy) is 2. The number of nitrogens with one attached hydrogen (secondary N) is 1. The molecule has 0 fully saturated rings. The second-order valence-corrected chi connectivity index (χ2v) is 5.55. The highest BCUT2D eigenvalue weighted by Gasteiger charge is 2.28. The molecule has 0 radical (unpaired) electrons. The van der Waals surface area contributed by atoms with Crippen molar-refractivity contribution in [2.24, 2.45) is 5.92 Å². The van der Waals surface area contributed by atoms with Gasteiger partial charge in [-0.2, -0.15) is 0 Å². The minimum Gasteiger partial charge on any atom is -0.481 e. The summed E-state index contributed by atoms with van der Waals surface area (Å²) in [5, 5.41) is 3.21. The molecule has 1 aromatic carbocycles. The van der Waals surface area contributed by atoms with Crippen LogP contribution in [0.2, 0.25) is 5.02 Å². The molecule has 1 aromatic rings. The number of esters is 1. The van der Waals surface area contributed by atoms with Gasteiger partial charge in [0, 0.05) is 5.02 Å². The van der Waals surface area contributed by atoms with Crippen molar-refractivity contribution >= 4 is 23.5 Å². The average Bonchev–Trinajstić information content (AvgIpc) is 2.50. The van der Waals surface area contributed by atoms with Gasteiger partial charge in [-0.1, -0.05) is 37.9 Å². The lowest BCUT2D eigenvalue weighted by molar-refractivity contribution is -0.147. The summed E-state index contributed by atoms with van der Waals surface area (Å²) >= 11 is 5.87. The van der Waals surface area contributed by atoms with E-state index in [0.717, 1.165) is 6.42 Å². The molecule has 0 heterocycles.